The van der Waals surface area contributed by atoms with Crippen molar-refractivity contribution in [2.45, 2.75) is 45.3 Å². The van der Waals surface area contributed by atoms with Crippen molar-refractivity contribution in [1.29, 1.82) is 0 Å². The maximum Gasteiger partial charge on any atom is 0.0634 e. The molecule has 0 aromatic carbocycles. The Morgan fingerprint density at radius 2 is 2.07 bits per heavy atom. The van der Waals surface area contributed by atoms with Gasteiger partial charge in [-0.05, 0) is 52.2 Å². The lowest BCUT2D eigenvalue weighted by Gasteiger charge is -2.24. The number of ether oxygens (including phenoxy) is 1. The van der Waals surface area contributed by atoms with Crippen molar-refractivity contribution in [1.82, 2.24) is 5.32 Å². The first-order valence-corrected chi connectivity index (χ1v) is 6.68. The van der Waals surface area contributed by atoms with E-state index < -0.39 is 0 Å². The quantitative estimate of drug-likeness (QED) is 0.678. The predicted octanol–water partition coefficient (Wildman–Crippen LogP) is 2.53. The first-order valence-electron chi connectivity index (χ1n) is 5.29. The number of rotatable bonds is 8. The van der Waals surface area contributed by atoms with Crippen LogP contribution in [0.3, 0.4) is 0 Å². The zero-order valence-corrected chi connectivity index (χ0v) is 11.0. The van der Waals surface area contributed by atoms with Gasteiger partial charge in [0.2, 0.25) is 0 Å². The molecular weight excluding hydrogens is 194 g/mol. The molecule has 0 amide bonds. The Kier molecular flexibility index (Phi) is 7.69. The van der Waals surface area contributed by atoms with Gasteiger partial charge in [0, 0.05) is 13.2 Å². The predicted molar refractivity (Wildman–Crippen MR) is 66.2 cm³/mol. The Bertz CT molecular complexity index is 139. The van der Waals surface area contributed by atoms with E-state index >= 15 is 0 Å². The molecule has 0 aromatic heterocycles. The number of methoxy groups -OCH3 is 1. The van der Waals surface area contributed by atoms with Crippen molar-refractivity contribution in [2.75, 3.05) is 25.7 Å². The molecule has 0 rings (SSSR count). The molecule has 0 fully saturated rings. The fourth-order valence-corrected chi connectivity index (χ4v) is 1.71. The molecule has 0 aromatic rings. The van der Waals surface area contributed by atoms with Gasteiger partial charge >= 0.3 is 0 Å². The molecule has 1 atom stereocenters. The molecule has 1 unspecified atom stereocenters. The largest absolute Gasteiger partial charge is 0.379 e. The number of hydrogen-bond donors (Lipinski definition) is 1. The van der Waals surface area contributed by atoms with Crippen LogP contribution in [0, 0.1) is 0 Å². The van der Waals surface area contributed by atoms with E-state index in [4.69, 9.17) is 4.74 Å². The van der Waals surface area contributed by atoms with Gasteiger partial charge in [0.1, 0.15) is 0 Å². The number of nitrogens with one attached hydrogen (secondary N) is 1. The molecule has 86 valence electrons. The van der Waals surface area contributed by atoms with E-state index in [1.165, 1.54) is 12.2 Å². The Hall–Kier alpha value is 0.270. The second-order valence-corrected chi connectivity index (χ2v) is 5.34. The monoisotopic (exact) mass is 219 g/mol. The Morgan fingerprint density at radius 3 is 2.57 bits per heavy atom. The average molecular weight is 219 g/mol. The molecule has 0 bridgehead atoms. The van der Waals surface area contributed by atoms with E-state index in [0.29, 0.717) is 6.04 Å². The molecule has 0 aliphatic heterocycles. The summed E-state index contributed by atoms with van der Waals surface area (Å²) in [6, 6.07) is 0.620. The molecule has 3 heteroatoms. The third-order valence-electron chi connectivity index (χ3n) is 2.53. The van der Waals surface area contributed by atoms with Crippen LogP contribution >= 0.6 is 11.8 Å². The zero-order valence-electron chi connectivity index (χ0n) is 10.2. The van der Waals surface area contributed by atoms with E-state index in [0.717, 1.165) is 13.0 Å². The molecule has 0 spiro atoms. The van der Waals surface area contributed by atoms with Crippen LogP contribution in [-0.2, 0) is 4.74 Å². The van der Waals surface area contributed by atoms with Crippen molar-refractivity contribution in [2.24, 2.45) is 0 Å². The van der Waals surface area contributed by atoms with Crippen molar-refractivity contribution in [3.63, 3.8) is 0 Å². The van der Waals surface area contributed by atoms with Gasteiger partial charge in [-0.1, -0.05) is 0 Å². The summed E-state index contributed by atoms with van der Waals surface area (Å²) in [6.45, 7) is 7.54. The minimum Gasteiger partial charge on any atom is -0.379 e. The van der Waals surface area contributed by atoms with Gasteiger partial charge < -0.3 is 10.1 Å². The molecule has 0 saturated heterocycles. The molecule has 0 radical (unpaired) electrons. The standard InChI is InChI=1S/C11H25NOS/c1-10(6-9-14-5)12-8-7-11(2,3)13-4/h10,12H,6-9H2,1-5H3. The van der Waals surface area contributed by atoms with Gasteiger partial charge in [0.15, 0.2) is 0 Å². The SMILES string of the molecule is COC(C)(C)CCNC(C)CCSC. The molecular formula is C11H25NOS. The topological polar surface area (TPSA) is 21.3 Å². The van der Waals surface area contributed by atoms with Gasteiger partial charge in [0.05, 0.1) is 5.60 Å². The van der Waals surface area contributed by atoms with E-state index in [-0.39, 0.29) is 5.60 Å². The van der Waals surface area contributed by atoms with E-state index in [1.807, 2.05) is 11.8 Å². The second-order valence-electron chi connectivity index (χ2n) is 4.35. The lowest BCUT2D eigenvalue weighted by molar-refractivity contribution is 0.0154. The smallest absolute Gasteiger partial charge is 0.0634 e. The molecule has 0 aliphatic rings. The first-order chi connectivity index (χ1) is 6.52. The van der Waals surface area contributed by atoms with Crippen LogP contribution in [0.5, 0.6) is 0 Å². The van der Waals surface area contributed by atoms with Gasteiger partial charge in [-0.3, -0.25) is 0 Å². The van der Waals surface area contributed by atoms with Crippen LogP contribution < -0.4 is 5.32 Å². The highest BCUT2D eigenvalue weighted by Crippen LogP contribution is 2.11. The summed E-state index contributed by atoms with van der Waals surface area (Å²) in [5.74, 6) is 1.24. The number of hydrogen-bond acceptors (Lipinski definition) is 3. The zero-order chi connectivity index (χ0) is 11.0. The lowest BCUT2D eigenvalue weighted by atomic mass is 10.1. The van der Waals surface area contributed by atoms with Crippen LogP contribution in [-0.4, -0.2) is 37.3 Å². The van der Waals surface area contributed by atoms with Crippen molar-refractivity contribution in [3.05, 3.63) is 0 Å². The lowest BCUT2D eigenvalue weighted by Crippen LogP contribution is -2.33. The van der Waals surface area contributed by atoms with Crippen LogP contribution in [0.4, 0.5) is 0 Å². The van der Waals surface area contributed by atoms with Crippen LogP contribution in [0.2, 0.25) is 0 Å². The van der Waals surface area contributed by atoms with E-state index in [2.05, 4.69) is 32.3 Å². The highest BCUT2D eigenvalue weighted by atomic mass is 32.2. The third-order valence-corrected chi connectivity index (χ3v) is 3.17. The molecule has 0 aliphatic carbocycles. The summed E-state index contributed by atoms with van der Waals surface area (Å²) in [7, 11) is 1.77. The fourth-order valence-electron chi connectivity index (χ4n) is 1.12. The second kappa shape index (κ2) is 7.55. The van der Waals surface area contributed by atoms with E-state index in [9.17, 15) is 0 Å². The van der Waals surface area contributed by atoms with Crippen LogP contribution in [0.25, 0.3) is 0 Å². The average Bonchev–Trinajstić information content (AvgIpc) is 2.14. The van der Waals surface area contributed by atoms with Gasteiger partial charge in [-0.15, -0.1) is 0 Å². The highest BCUT2D eigenvalue weighted by Gasteiger charge is 2.15. The normalized spacial score (nSPS) is 14.4. The summed E-state index contributed by atoms with van der Waals surface area (Å²) < 4.78 is 5.36. The van der Waals surface area contributed by atoms with Crippen LogP contribution in [0.15, 0.2) is 0 Å². The summed E-state index contributed by atoms with van der Waals surface area (Å²) in [5, 5.41) is 3.51. The van der Waals surface area contributed by atoms with Gasteiger partial charge in [0.25, 0.3) is 0 Å². The fraction of sp³-hybridized carbons (Fsp3) is 1.00. The Balaban J connectivity index is 3.43. The first kappa shape index (κ1) is 14.3. The molecule has 1 N–H and O–H groups in total. The Labute approximate surface area is 93.2 Å². The van der Waals surface area contributed by atoms with Crippen molar-refractivity contribution >= 4 is 11.8 Å². The molecule has 14 heavy (non-hydrogen) atoms. The summed E-state index contributed by atoms with van der Waals surface area (Å²) in [5.41, 5.74) is 0.00618. The summed E-state index contributed by atoms with van der Waals surface area (Å²) in [4.78, 5) is 0. The summed E-state index contributed by atoms with van der Waals surface area (Å²) >= 11 is 1.91. The maximum atomic E-state index is 5.36. The summed E-state index contributed by atoms with van der Waals surface area (Å²) in [6.07, 6.45) is 4.46. The third kappa shape index (κ3) is 7.65. The number of thioether (sulfide) groups is 1. The van der Waals surface area contributed by atoms with Crippen LogP contribution in [0.1, 0.15) is 33.6 Å². The van der Waals surface area contributed by atoms with E-state index in [1.54, 1.807) is 7.11 Å². The van der Waals surface area contributed by atoms with Crippen molar-refractivity contribution in [3.8, 4) is 0 Å². The molecule has 0 saturated carbocycles. The van der Waals surface area contributed by atoms with Gasteiger partial charge in [-0.2, -0.15) is 11.8 Å². The minimum atomic E-state index is 0.00618. The maximum absolute atomic E-state index is 5.36. The minimum absolute atomic E-state index is 0.00618. The Morgan fingerprint density at radius 1 is 1.43 bits per heavy atom. The molecule has 0 heterocycles. The van der Waals surface area contributed by atoms with Gasteiger partial charge in [-0.25, -0.2) is 0 Å². The van der Waals surface area contributed by atoms with Crippen molar-refractivity contribution < 1.29 is 4.74 Å². The molecule has 2 nitrogen and oxygen atoms in total. The highest BCUT2D eigenvalue weighted by molar-refractivity contribution is 7.98.